The molecule has 88 valence electrons. The van der Waals surface area contributed by atoms with Crippen LogP contribution in [0.4, 0.5) is 0 Å². The van der Waals surface area contributed by atoms with Crippen LogP contribution >= 0.6 is 0 Å². The van der Waals surface area contributed by atoms with Crippen LogP contribution in [0, 0.1) is 12.3 Å². The van der Waals surface area contributed by atoms with Gasteiger partial charge in [-0.1, -0.05) is 5.92 Å². The predicted octanol–water partition coefficient (Wildman–Crippen LogP) is 0.0101. The fraction of sp³-hybridized carbons (Fsp3) is 0.818. The van der Waals surface area contributed by atoms with Gasteiger partial charge in [0.2, 0.25) is 0 Å². The van der Waals surface area contributed by atoms with E-state index in [1.807, 2.05) is 13.8 Å². The molecule has 0 bridgehead atoms. The zero-order chi connectivity index (χ0) is 11.7. The number of rotatable bonds is 8. The Morgan fingerprint density at radius 1 is 1.40 bits per heavy atom. The second kappa shape index (κ2) is 8.69. The number of hydrogen-bond donors (Lipinski definition) is 2. The summed E-state index contributed by atoms with van der Waals surface area (Å²) in [4.78, 5) is 0. The summed E-state index contributed by atoms with van der Waals surface area (Å²) in [5, 5.41) is 12.5. The first-order valence-corrected chi connectivity index (χ1v) is 5.08. The Labute approximate surface area is 92.0 Å². The van der Waals surface area contributed by atoms with Crippen LogP contribution in [-0.4, -0.2) is 50.2 Å². The van der Waals surface area contributed by atoms with Crippen LogP contribution in [0.3, 0.4) is 0 Å². The smallest absolute Gasteiger partial charge is 0.0898 e. The van der Waals surface area contributed by atoms with Crippen molar-refractivity contribution in [3.63, 3.8) is 0 Å². The number of hydrogen-bond acceptors (Lipinski definition) is 4. The normalized spacial score (nSPS) is 16.7. The van der Waals surface area contributed by atoms with Gasteiger partial charge in [-0.15, -0.1) is 6.42 Å². The van der Waals surface area contributed by atoms with E-state index in [1.54, 1.807) is 7.11 Å². The van der Waals surface area contributed by atoms with Gasteiger partial charge in [0.05, 0.1) is 31.5 Å². The molecule has 0 fully saturated rings. The Balaban J connectivity index is 3.49. The van der Waals surface area contributed by atoms with E-state index in [2.05, 4.69) is 11.2 Å². The number of nitrogens with one attached hydrogen (secondary N) is 1. The molecule has 3 unspecified atom stereocenters. The molecule has 0 radical (unpaired) electrons. The van der Waals surface area contributed by atoms with Crippen molar-refractivity contribution in [2.75, 3.05) is 26.9 Å². The Hall–Kier alpha value is -0.600. The van der Waals surface area contributed by atoms with E-state index in [0.717, 1.165) is 0 Å². The van der Waals surface area contributed by atoms with Gasteiger partial charge < -0.3 is 19.9 Å². The van der Waals surface area contributed by atoms with Gasteiger partial charge in [-0.3, -0.25) is 0 Å². The van der Waals surface area contributed by atoms with E-state index in [4.69, 9.17) is 15.9 Å². The van der Waals surface area contributed by atoms with Crippen molar-refractivity contribution in [2.45, 2.75) is 32.1 Å². The minimum absolute atomic E-state index is 0.00490. The average Bonchev–Trinajstić information content (AvgIpc) is 2.23. The Kier molecular flexibility index (Phi) is 8.34. The lowest BCUT2D eigenvalue weighted by molar-refractivity contribution is -0.0312. The maximum atomic E-state index is 9.51. The van der Waals surface area contributed by atoms with Crippen molar-refractivity contribution in [3.05, 3.63) is 0 Å². The maximum Gasteiger partial charge on any atom is 0.0898 e. The van der Waals surface area contributed by atoms with Crippen molar-refractivity contribution >= 4 is 0 Å². The fourth-order valence-corrected chi connectivity index (χ4v) is 0.989. The minimum Gasteiger partial charge on any atom is -0.389 e. The SMILES string of the molecule is C#CC(C)NCC(O)COC(C)COC. The van der Waals surface area contributed by atoms with Gasteiger partial charge in [0.25, 0.3) is 0 Å². The summed E-state index contributed by atoms with van der Waals surface area (Å²) in [6, 6.07) is -0.0314. The van der Waals surface area contributed by atoms with Crippen LogP contribution in [0.25, 0.3) is 0 Å². The molecule has 0 rings (SSSR count). The maximum absolute atomic E-state index is 9.51. The minimum atomic E-state index is -0.542. The summed E-state index contributed by atoms with van der Waals surface area (Å²) in [5.74, 6) is 2.52. The average molecular weight is 215 g/mol. The van der Waals surface area contributed by atoms with Crippen LogP contribution < -0.4 is 5.32 Å². The van der Waals surface area contributed by atoms with E-state index in [0.29, 0.717) is 13.2 Å². The zero-order valence-corrected chi connectivity index (χ0v) is 9.69. The van der Waals surface area contributed by atoms with Crippen molar-refractivity contribution in [1.82, 2.24) is 5.32 Å². The molecule has 15 heavy (non-hydrogen) atoms. The number of aliphatic hydroxyl groups excluding tert-OH is 1. The molecule has 0 aliphatic heterocycles. The lowest BCUT2D eigenvalue weighted by Crippen LogP contribution is -2.36. The van der Waals surface area contributed by atoms with E-state index in [9.17, 15) is 5.11 Å². The quantitative estimate of drug-likeness (QED) is 0.560. The molecule has 2 N–H and O–H groups in total. The van der Waals surface area contributed by atoms with Crippen LogP contribution in [0.1, 0.15) is 13.8 Å². The second-order valence-corrected chi connectivity index (χ2v) is 3.55. The second-order valence-electron chi connectivity index (χ2n) is 3.55. The third-order valence-corrected chi connectivity index (χ3v) is 1.88. The highest BCUT2D eigenvalue weighted by Gasteiger charge is 2.08. The van der Waals surface area contributed by atoms with Crippen molar-refractivity contribution in [2.24, 2.45) is 0 Å². The highest BCUT2D eigenvalue weighted by molar-refractivity contribution is 4.95. The zero-order valence-electron chi connectivity index (χ0n) is 9.69. The van der Waals surface area contributed by atoms with Gasteiger partial charge in [0.15, 0.2) is 0 Å². The first-order chi connectivity index (χ1) is 7.10. The summed E-state index contributed by atoms with van der Waals surface area (Å²) in [6.07, 6.45) is 4.63. The molecule has 0 aliphatic carbocycles. The van der Waals surface area contributed by atoms with Crippen molar-refractivity contribution in [3.8, 4) is 12.3 Å². The van der Waals surface area contributed by atoms with Crippen LogP contribution in [-0.2, 0) is 9.47 Å². The largest absolute Gasteiger partial charge is 0.389 e. The summed E-state index contributed by atoms with van der Waals surface area (Å²) >= 11 is 0. The van der Waals surface area contributed by atoms with E-state index in [-0.39, 0.29) is 18.8 Å². The van der Waals surface area contributed by atoms with Crippen LogP contribution in [0.5, 0.6) is 0 Å². The molecule has 4 heteroatoms. The summed E-state index contributed by atoms with van der Waals surface area (Å²) in [7, 11) is 1.62. The molecule has 0 aliphatic rings. The van der Waals surface area contributed by atoms with Gasteiger partial charge >= 0.3 is 0 Å². The number of methoxy groups -OCH3 is 1. The number of aliphatic hydroxyl groups is 1. The van der Waals surface area contributed by atoms with Crippen molar-refractivity contribution in [1.29, 1.82) is 0 Å². The van der Waals surface area contributed by atoms with Gasteiger partial charge in [-0.05, 0) is 13.8 Å². The molecule has 0 aromatic carbocycles. The van der Waals surface area contributed by atoms with E-state index >= 15 is 0 Å². The Bertz CT molecular complexity index is 191. The molecule has 3 atom stereocenters. The third kappa shape index (κ3) is 8.40. The van der Waals surface area contributed by atoms with Gasteiger partial charge in [0, 0.05) is 13.7 Å². The molecule has 0 saturated heterocycles. The lowest BCUT2D eigenvalue weighted by atomic mass is 10.3. The molecule has 0 spiro atoms. The molecule has 0 saturated carbocycles. The molecular weight excluding hydrogens is 194 g/mol. The molecule has 0 amide bonds. The van der Waals surface area contributed by atoms with E-state index in [1.165, 1.54) is 0 Å². The van der Waals surface area contributed by atoms with Crippen LogP contribution in [0.15, 0.2) is 0 Å². The fourth-order valence-electron chi connectivity index (χ4n) is 0.989. The molecule has 0 heterocycles. The lowest BCUT2D eigenvalue weighted by Gasteiger charge is -2.17. The van der Waals surface area contributed by atoms with E-state index < -0.39 is 6.10 Å². The highest BCUT2D eigenvalue weighted by Crippen LogP contribution is 1.93. The molecule has 0 aromatic heterocycles. The highest BCUT2D eigenvalue weighted by atomic mass is 16.5. The van der Waals surface area contributed by atoms with Crippen molar-refractivity contribution < 1.29 is 14.6 Å². The van der Waals surface area contributed by atoms with Crippen LogP contribution in [0.2, 0.25) is 0 Å². The number of ether oxygens (including phenoxy) is 2. The first-order valence-electron chi connectivity index (χ1n) is 5.08. The predicted molar refractivity (Wildman–Crippen MR) is 59.6 cm³/mol. The Morgan fingerprint density at radius 3 is 2.60 bits per heavy atom. The molecule has 0 aromatic rings. The van der Waals surface area contributed by atoms with Gasteiger partial charge in [-0.25, -0.2) is 0 Å². The summed E-state index contributed by atoms with van der Waals surface area (Å²) in [6.45, 7) is 5.01. The Morgan fingerprint density at radius 2 is 2.07 bits per heavy atom. The topological polar surface area (TPSA) is 50.7 Å². The van der Waals surface area contributed by atoms with Gasteiger partial charge in [0.1, 0.15) is 0 Å². The summed E-state index contributed by atoms with van der Waals surface area (Å²) in [5.41, 5.74) is 0. The third-order valence-electron chi connectivity index (χ3n) is 1.88. The summed E-state index contributed by atoms with van der Waals surface area (Å²) < 4.78 is 10.2. The monoisotopic (exact) mass is 215 g/mol. The first kappa shape index (κ1) is 14.4. The standard InChI is InChI=1S/C11H21NO3/c1-5-9(2)12-6-11(13)8-15-10(3)7-14-4/h1,9-13H,6-8H2,2-4H3. The number of terminal acetylenes is 1. The molecule has 4 nitrogen and oxygen atoms in total. The molecular formula is C11H21NO3. The van der Waals surface area contributed by atoms with Gasteiger partial charge in [-0.2, -0.15) is 0 Å².